The molecule has 1 aromatic carbocycles. The van der Waals surface area contributed by atoms with Crippen molar-refractivity contribution in [1.29, 1.82) is 4.78 Å². The molecular weight excluding hydrogens is 412 g/mol. The van der Waals surface area contributed by atoms with E-state index in [1.807, 2.05) is 0 Å². The Labute approximate surface area is 173 Å². The zero-order valence-electron chi connectivity index (χ0n) is 16.5. The van der Waals surface area contributed by atoms with Crippen LogP contribution in [0, 0.1) is 4.78 Å². The molecule has 1 unspecified atom stereocenters. The van der Waals surface area contributed by atoms with Gasteiger partial charge in [0.05, 0.1) is 32.5 Å². The van der Waals surface area contributed by atoms with Crippen molar-refractivity contribution in [3.05, 3.63) is 35.0 Å². The highest BCUT2D eigenvalue weighted by Gasteiger charge is 2.45. The van der Waals surface area contributed by atoms with Gasteiger partial charge in [-0.2, -0.15) is 8.78 Å². The third kappa shape index (κ3) is 3.00. The molecule has 1 saturated heterocycles. The normalized spacial score (nSPS) is 29.7. The minimum Gasteiger partial charge on any atom is -0.389 e. The summed E-state index contributed by atoms with van der Waals surface area (Å²) >= 11 is 0. The summed E-state index contributed by atoms with van der Waals surface area (Å²) in [6, 6.07) is 5.01. The lowest BCUT2D eigenvalue weighted by atomic mass is 10.0. The van der Waals surface area contributed by atoms with Crippen LogP contribution in [0.2, 0.25) is 0 Å². The molecule has 1 aromatic heterocycles. The number of nitrogens with one attached hydrogen (secondary N) is 2. The fraction of sp³-hybridized carbons (Fsp3) is 0.500. The van der Waals surface area contributed by atoms with E-state index in [9.17, 15) is 18.1 Å². The quantitative estimate of drug-likeness (QED) is 0.669. The van der Waals surface area contributed by atoms with Gasteiger partial charge in [-0.1, -0.05) is 12.1 Å². The van der Waals surface area contributed by atoms with Crippen LogP contribution in [-0.2, 0) is 28.6 Å². The SMILES string of the molecule is C[C@H]1[C@H](O)CN1c1nc(-c2ccc3c(c2)S(=N)(=O)CCNC3)c2c(n1)C(F)(F)CC2. The lowest BCUT2D eigenvalue weighted by Crippen LogP contribution is -2.59. The summed E-state index contributed by atoms with van der Waals surface area (Å²) in [6.45, 7) is 3.09. The number of aliphatic hydroxyl groups is 1. The predicted molar refractivity (Wildman–Crippen MR) is 108 cm³/mol. The molecule has 1 fully saturated rings. The van der Waals surface area contributed by atoms with Crippen LogP contribution in [0.1, 0.15) is 30.2 Å². The van der Waals surface area contributed by atoms with Gasteiger partial charge in [-0.15, -0.1) is 0 Å². The molecule has 2 aliphatic heterocycles. The maximum absolute atomic E-state index is 14.6. The van der Waals surface area contributed by atoms with Crippen molar-refractivity contribution in [3.63, 3.8) is 0 Å². The third-order valence-electron chi connectivity index (χ3n) is 6.30. The van der Waals surface area contributed by atoms with Crippen LogP contribution >= 0.6 is 0 Å². The van der Waals surface area contributed by atoms with E-state index in [-0.39, 0.29) is 36.3 Å². The zero-order chi connectivity index (χ0) is 21.3. The van der Waals surface area contributed by atoms with Crippen molar-refractivity contribution in [3.8, 4) is 11.3 Å². The minimum atomic E-state index is -3.03. The van der Waals surface area contributed by atoms with Crippen LogP contribution in [0.3, 0.4) is 0 Å². The Kier molecular flexibility index (Phi) is 4.39. The molecule has 160 valence electrons. The number of hydrogen-bond donors (Lipinski definition) is 3. The summed E-state index contributed by atoms with van der Waals surface area (Å²) in [5.74, 6) is -2.66. The van der Waals surface area contributed by atoms with Crippen molar-refractivity contribution in [1.82, 2.24) is 15.3 Å². The topological polar surface area (TPSA) is 102 Å². The van der Waals surface area contributed by atoms with Crippen molar-refractivity contribution >= 4 is 15.7 Å². The second kappa shape index (κ2) is 6.66. The van der Waals surface area contributed by atoms with E-state index in [2.05, 4.69) is 15.3 Å². The van der Waals surface area contributed by atoms with Crippen molar-refractivity contribution in [2.45, 2.75) is 49.3 Å². The molecule has 3 atom stereocenters. The Morgan fingerprint density at radius 1 is 1.37 bits per heavy atom. The van der Waals surface area contributed by atoms with Gasteiger partial charge in [0, 0.05) is 42.9 Å². The lowest BCUT2D eigenvalue weighted by molar-refractivity contribution is -0.00603. The van der Waals surface area contributed by atoms with Crippen LogP contribution < -0.4 is 10.2 Å². The first kappa shape index (κ1) is 19.8. The number of halogens is 2. The van der Waals surface area contributed by atoms with Gasteiger partial charge in [0.1, 0.15) is 5.69 Å². The molecule has 3 N–H and O–H groups in total. The number of aromatic nitrogens is 2. The van der Waals surface area contributed by atoms with Gasteiger partial charge < -0.3 is 15.3 Å². The molecule has 1 aliphatic carbocycles. The van der Waals surface area contributed by atoms with E-state index < -0.39 is 21.8 Å². The number of alkyl halides is 2. The smallest absolute Gasteiger partial charge is 0.290 e. The number of fused-ring (bicyclic) bond motifs is 2. The molecule has 3 aliphatic rings. The summed E-state index contributed by atoms with van der Waals surface area (Å²) in [4.78, 5) is 10.9. The summed E-state index contributed by atoms with van der Waals surface area (Å²) in [5, 5.41) is 13.0. The van der Waals surface area contributed by atoms with Crippen LogP contribution in [0.4, 0.5) is 14.7 Å². The average molecular weight is 436 g/mol. The van der Waals surface area contributed by atoms with E-state index in [0.29, 0.717) is 41.4 Å². The van der Waals surface area contributed by atoms with Crippen LogP contribution in [0.5, 0.6) is 0 Å². The van der Waals surface area contributed by atoms with Crippen LogP contribution in [0.25, 0.3) is 11.3 Å². The van der Waals surface area contributed by atoms with Gasteiger partial charge in [-0.3, -0.25) is 0 Å². The summed E-state index contributed by atoms with van der Waals surface area (Å²) in [7, 11) is -2.98. The summed E-state index contributed by atoms with van der Waals surface area (Å²) in [5.41, 5.74) is 1.89. The number of nitrogens with zero attached hydrogens (tertiary/aromatic N) is 3. The Balaban J connectivity index is 1.68. The average Bonchev–Trinajstić information content (AvgIpc) is 2.93. The Hall–Kier alpha value is -2.17. The van der Waals surface area contributed by atoms with E-state index in [4.69, 9.17) is 4.78 Å². The molecule has 2 aromatic rings. The molecule has 0 bridgehead atoms. The molecule has 7 nitrogen and oxygen atoms in total. The molecule has 0 amide bonds. The van der Waals surface area contributed by atoms with Gasteiger partial charge in [0.15, 0.2) is 0 Å². The third-order valence-corrected chi connectivity index (χ3v) is 8.17. The fourth-order valence-corrected chi connectivity index (χ4v) is 5.87. The minimum absolute atomic E-state index is 0.158. The molecule has 10 heteroatoms. The first-order chi connectivity index (χ1) is 14.2. The highest BCUT2D eigenvalue weighted by Crippen LogP contribution is 2.45. The number of β-amino-alcohol motifs (C(OH)–C–C–N with tert-alkyl or cyclic N) is 1. The summed E-state index contributed by atoms with van der Waals surface area (Å²) < 4.78 is 50.4. The van der Waals surface area contributed by atoms with E-state index >= 15 is 0 Å². The Bertz CT molecular complexity index is 1140. The van der Waals surface area contributed by atoms with E-state index in [1.54, 1.807) is 30.0 Å². The van der Waals surface area contributed by atoms with Gasteiger partial charge in [-0.25, -0.2) is 19.0 Å². The monoisotopic (exact) mass is 435 g/mol. The Morgan fingerprint density at radius 3 is 2.90 bits per heavy atom. The van der Waals surface area contributed by atoms with E-state index in [1.165, 1.54) is 0 Å². The van der Waals surface area contributed by atoms with Gasteiger partial charge in [0.2, 0.25) is 5.95 Å². The number of benzene rings is 1. The lowest BCUT2D eigenvalue weighted by Gasteiger charge is -2.43. The van der Waals surface area contributed by atoms with E-state index in [0.717, 1.165) is 5.56 Å². The molecule has 0 saturated carbocycles. The number of hydrogen-bond acceptors (Lipinski definition) is 7. The molecule has 3 heterocycles. The maximum atomic E-state index is 14.6. The highest BCUT2D eigenvalue weighted by molar-refractivity contribution is 7.92. The maximum Gasteiger partial charge on any atom is 0.290 e. The van der Waals surface area contributed by atoms with Crippen molar-refractivity contribution in [2.75, 3.05) is 23.7 Å². The first-order valence-corrected chi connectivity index (χ1v) is 11.7. The van der Waals surface area contributed by atoms with Gasteiger partial charge in [-0.05, 0) is 25.0 Å². The van der Waals surface area contributed by atoms with Crippen molar-refractivity contribution < 1.29 is 18.1 Å². The van der Waals surface area contributed by atoms with Crippen LogP contribution in [0.15, 0.2) is 23.1 Å². The predicted octanol–water partition coefficient (Wildman–Crippen LogP) is 2.26. The molecule has 5 rings (SSSR count). The van der Waals surface area contributed by atoms with Gasteiger partial charge >= 0.3 is 0 Å². The second-order valence-corrected chi connectivity index (χ2v) is 10.4. The molecule has 30 heavy (non-hydrogen) atoms. The second-order valence-electron chi connectivity index (χ2n) is 8.24. The molecule has 0 radical (unpaired) electrons. The zero-order valence-corrected chi connectivity index (χ0v) is 17.3. The number of rotatable bonds is 2. The molecule has 0 spiro atoms. The fourth-order valence-electron chi connectivity index (χ4n) is 4.34. The summed E-state index contributed by atoms with van der Waals surface area (Å²) in [6.07, 6.45) is -0.709. The number of anilines is 1. The number of aliphatic hydroxyl groups excluding tert-OH is 1. The highest BCUT2D eigenvalue weighted by atomic mass is 32.2. The standard InChI is InChI=1S/C20H23F2N5O2S/c1-11-15(28)10-27(11)19-25-17(14-4-5-20(21,22)18(14)26-19)12-2-3-13-9-24-6-7-30(23,29)16(13)8-12/h2-3,8,11,15,23-24,28H,4-7,9-10H2,1H3/t11-,15+,30?/m0/s1. The van der Waals surface area contributed by atoms with Crippen molar-refractivity contribution in [2.24, 2.45) is 0 Å². The largest absolute Gasteiger partial charge is 0.389 e. The Morgan fingerprint density at radius 2 is 2.17 bits per heavy atom. The van der Waals surface area contributed by atoms with Crippen LogP contribution in [-0.4, -0.2) is 50.3 Å². The first-order valence-electron chi connectivity index (χ1n) is 10.0. The molecular formula is C20H23F2N5O2S. The van der Waals surface area contributed by atoms with Gasteiger partial charge in [0.25, 0.3) is 5.92 Å².